The van der Waals surface area contributed by atoms with E-state index in [0.717, 1.165) is 58.3 Å². The van der Waals surface area contributed by atoms with Crippen LogP contribution in [0.5, 0.6) is 0 Å². The summed E-state index contributed by atoms with van der Waals surface area (Å²) in [6.45, 7) is 9.61. The minimum absolute atomic E-state index is 0.0116. The lowest BCUT2D eigenvalue weighted by molar-refractivity contribution is -0.130. The van der Waals surface area contributed by atoms with Crippen molar-refractivity contribution in [2.24, 2.45) is 5.41 Å². The highest BCUT2D eigenvalue weighted by atomic mass is 16.3. The van der Waals surface area contributed by atoms with Gasteiger partial charge < -0.3 is 10.0 Å². The maximum atomic E-state index is 11.4. The fraction of sp³-hybridized carbons (Fsp3) is 0.812. The average molecular weight is 280 g/mol. The van der Waals surface area contributed by atoms with Gasteiger partial charge in [-0.2, -0.15) is 0 Å². The first kappa shape index (κ1) is 15.5. The third-order valence-corrected chi connectivity index (χ3v) is 5.03. The van der Waals surface area contributed by atoms with Crippen LogP contribution in [0.4, 0.5) is 0 Å². The molecule has 4 nitrogen and oxygen atoms in total. The molecule has 0 bridgehead atoms. The number of piperidine rings is 2. The van der Waals surface area contributed by atoms with Gasteiger partial charge in [-0.15, -0.1) is 6.58 Å². The zero-order valence-electron chi connectivity index (χ0n) is 12.7. The van der Waals surface area contributed by atoms with Gasteiger partial charge in [-0.3, -0.25) is 9.69 Å². The third-order valence-electron chi connectivity index (χ3n) is 5.03. The first-order chi connectivity index (χ1) is 9.60. The summed E-state index contributed by atoms with van der Waals surface area (Å²) in [6.07, 6.45) is 7.22. The van der Waals surface area contributed by atoms with Gasteiger partial charge in [0.2, 0.25) is 5.91 Å². The van der Waals surface area contributed by atoms with Crippen LogP contribution in [0, 0.1) is 5.41 Å². The molecule has 0 unspecified atom stereocenters. The van der Waals surface area contributed by atoms with Crippen molar-refractivity contribution in [2.75, 3.05) is 32.8 Å². The van der Waals surface area contributed by atoms with Gasteiger partial charge in [0, 0.05) is 38.0 Å². The summed E-state index contributed by atoms with van der Waals surface area (Å²) in [5.41, 5.74) is 0.0116. The fourth-order valence-corrected chi connectivity index (χ4v) is 3.77. The Morgan fingerprint density at radius 3 is 2.65 bits per heavy atom. The molecular formula is C16H28N2O2. The Hall–Kier alpha value is -0.870. The van der Waals surface area contributed by atoms with Crippen LogP contribution in [0.3, 0.4) is 0 Å². The van der Waals surface area contributed by atoms with Crippen LogP contribution in [0.2, 0.25) is 0 Å². The summed E-state index contributed by atoms with van der Waals surface area (Å²) < 4.78 is 0. The van der Waals surface area contributed by atoms with E-state index in [0.29, 0.717) is 6.04 Å². The fourth-order valence-electron chi connectivity index (χ4n) is 3.77. The monoisotopic (exact) mass is 280 g/mol. The molecule has 1 atom stereocenters. The van der Waals surface area contributed by atoms with Crippen LogP contribution in [0.25, 0.3) is 0 Å². The van der Waals surface area contributed by atoms with E-state index in [9.17, 15) is 9.90 Å². The first-order valence-corrected chi connectivity index (χ1v) is 7.81. The number of likely N-dealkylation sites (tertiary alicyclic amines) is 2. The molecule has 2 aliphatic rings. The molecule has 1 N–H and O–H groups in total. The highest BCUT2D eigenvalue weighted by molar-refractivity contribution is 5.73. The van der Waals surface area contributed by atoms with Gasteiger partial charge in [0.05, 0.1) is 6.61 Å². The van der Waals surface area contributed by atoms with Crippen LogP contribution >= 0.6 is 0 Å². The molecule has 0 aromatic heterocycles. The molecule has 2 fully saturated rings. The predicted octanol–water partition coefficient (Wildman–Crippen LogP) is 1.65. The number of rotatable bonds is 4. The van der Waals surface area contributed by atoms with Crippen LogP contribution in [0.15, 0.2) is 12.7 Å². The van der Waals surface area contributed by atoms with Gasteiger partial charge in [-0.05, 0) is 38.6 Å². The van der Waals surface area contributed by atoms with E-state index >= 15 is 0 Å². The van der Waals surface area contributed by atoms with Crippen molar-refractivity contribution in [1.82, 2.24) is 9.80 Å². The number of hydrogen-bond donors (Lipinski definition) is 1. The number of carbonyl (C=O) groups excluding carboxylic acids is 1. The maximum Gasteiger partial charge on any atom is 0.219 e. The lowest BCUT2D eigenvalue weighted by Gasteiger charge is -2.46. The topological polar surface area (TPSA) is 43.8 Å². The lowest BCUT2D eigenvalue weighted by Crippen LogP contribution is -2.53. The van der Waals surface area contributed by atoms with E-state index < -0.39 is 0 Å². The van der Waals surface area contributed by atoms with Crippen molar-refractivity contribution in [3.63, 3.8) is 0 Å². The molecule has 0 saturated carbocycles. The summed E-state index contributed by atoms with van der Waals surface area (Å²) in [7, 11) is 0. The quantitative estimate of drug-likeness (QED) is 0.796. The molecular weight excluding hydrogens is 252 g/mol. The van der Waals surface area contributed by atoms with Crippen molar-refractivity contribution in [3.8, 4) is 0 Å². The highest BCUT2D eigenvalue weighted by Crippen LogP contribution is 2.35. The van der Waals surface area contributed by atoms with Gasteiger partial charge >= 0.3 is 0 Å². The molecule has 4 heteroatoms. The molecule has 1 amide bonds. The molecule has 2 rings (SSSR count). The number of amides is 1. The zero-order chi connectivity index (χ0) is 14.6. The highest BCUT2D eigenvalue weighted by Gasteiger charge is 2.37. The van der Waals surface area contributed by atoms with E-state index in [-0.39, 0.29) is 17.9 Å². The summed E-state index contributed by atoms with van der Waals surface area (Å²) in [5, 5.41) is 9.78. The van der Waals surface area contributed by atoms with Crippen molar-refractivity contribution in [1.29, 1.82) is 0 Å². The first-order valence-electron chi connectivity index (χ1n) is 7.81. The van der Waals surface area contributed by atoms with Crippen molar-refractivity contribution in [3.05, 3.63) is 12.7 Å². The summed E-state index contributed by atoms with van der Waals surface area (Å²) in [5.74, 6) is 0.193. The molecule has 0 aliphatic carbocycles. The molecule has 2 saturated heterocycles. The maximum absolute atomic E-state index is 11.4. The Morgan fingerprint density at radius 1 is 1.40 bits per heavy atom. The number of nitrogens with zero attached hydrogens (tertiary/aromatic N) is 2. The number of aliphatic hydroxyl groups is 1. The predicted molar refractivity (Wildman–Crippen MR) is 80.4 cm³/mol. The van der Waals surface area contributed by atoms with E-state index in [2.05, 4.69) is 11.5 Å². The minimum Gasteiger partial charge on any atom is -0.396 e. The molecule has 0 aromatic rings. The van der Waals surface area contributed by atoms with E-state index in [4.69, 9.17) is 0 Å². The molecule has 0 aromatic carbocycles. The molecule has 2 heterocycles. The van der Waals surface area contributed by atoms with E-state index in [1.165, 1.54) is 0 Å². The van der Waals surface area contributed by atoms with Gasteiger partial charge in [0.25, 0.3) is 0 Å². The molecule has 114 valence electrons. The van der Waals surface area contributed by atoms with Gasteiger partial charge in [-0.1, -0.05) is 6.08 Å². The number of allylic oxidation sites excluding steroid dienone is 1. The Labute approximate surface area is 122 Å². The average Bonchev–Trinajstić information content (AvgIpc) is 2.48. The summed E-state index contributed by atoms with van der Waals surface area (Å²) >= 11 is 0. The molecule has 2 aliphatic heterocycles. The van der Waals surface area contributed by atoms with Gasteiger partial charge in [-0.25, -0.2) is 0 Å². The Bertz CT molecular complexity index is 350. The lowest BCUT2D eigenvalue weighted by atomic mass is 9.77. The Balaban J connectivity index is 1.93. The third kappa shape index (κ3) is 3.41. The summed E-state index contributed by atoms with van der Waals surface area (Å²) in [6, 6.07) is 0.571. The zero-order valence-corrected chi connectivity index (χ0v) is 12.7. The number of hydrogen-bond acceptors (Lipinski definition) is 3. The van der Waals surface area contributed by atoms with Crippen molar-refractivity contribution >= 4 is 5.91 Å². The van der Waals surface area contributed by atoms with Crippen molar-refractivity contribution < 1.29 is 9.90 Å². The minimum atomic E-state index is 0.0116. The second-order valence-electron chi connectivity index (χ2n) is 6.46. The van der Waals surface area contributed by atoms with Gasteiger partial charge in [0.15, 0.2) is 0 Å². The van der Waals surface area contributed by atoms with Crippen LogP contribution < -0.4 is 0 Å². The van der Waals surface area contributed by atoms with Crippen LogP contribution in [-0.4, -0.2) is 59.6 Å². The second kappa shape index (κ2) is 6.72. The van der Waals surface area contributed by atoms with Crippen LogP contribution in [-0.2, 0) is 4.79 Å². The number of aliphatic hydroxyl groups excluding tert-OH is 1. The van der Waals surface area contributed by atoms with Gasteiger partial charge in [0.1, 0.15) is 0 Å². The van der Waals surface area contributed by atoms with E-state index in [1.807, 2.05) is 11.0 Å². The summed E-state index contributed by atoms with van der Waals surface area (Å²) in [4.78, 5) is 15.9. The molecule has 0 spiro atoms. The normalized spacial score (nSPS) is 29.4. The van der Waals surface area contributed by atoms with E-state index in [1.54, 1.807) is 6.92 Å². The standard InChI is InChI=1S/C16H28N2O2/c1-3-7-16(13-19)8-4-9-18(12-16)15-5-10-17(11-6-15)14(2)20/h3,15,19H,1,4-13H2,2H3/t16-/m1/s1. The molecule has 20 heavy (non-hydrogen) atoms. The van der Waals surface area contributed by atoms with Crippen LogP contribution in [0.1, 0.15) is 39.0 Å². The SMILES string of the molecule is C=CC[C@@]1(CO)CCCN(C2CCN(C(C)=O)CC2)C1. The smallest absolute Gasteiger partial charge is 0.219 e. The van der Waals surface area contributed by atoms with Crippen molar-refractivity contribution in [2.45, 2.75) is 45.1 Å². The second-order valence-corrected chi connectivity index (χ2v) is 6.46. The Morgan fingerprint density at radius 2 is 2.10 bits per heavy atom. The molecule has 0 radical (unpaired) electrons. The largest absolute Gasteiger partial charge is 0.396 e. The number of carbonyl (C=O) groups is 1. The Kier molecular flexibility index (Phi) is 5.22.